The van der Waals surface area contributed by atoms with Crippen molar-refractivity contribution in [2.24, 2.45) is 0 Å². The van der Waals surface area contributed by atoms with Crippen LogP contribution in [0.5, 0.6) is 11.5 Å². The van der Waals surface area contributed by atoms with E-state index in [4.69, 9.17) is 32.7 Å². The van der Waals surface area contributed by atoms with Crippen LogP contribution in [0.4, 0.5) is 10.5 Å². The summed E-state index contributed by atoms with van der Waals surface area (Å²) in [6, 6.07) is 8.39. The van der Waals surface area contributed by atoms with E-state index < -0.39 is 17.8 Å². The highest BCUT2D eigenvalue weighted by molar-refractivity contribution is 6.40. The molecular formula is C21H16Cl2N2O5. The molecule has 1 fully saturated rings. The largest absolute Gasteiger partial charge is 0.497 e. The summed E-state index contributed by atoms with van der Waals surface area (Å²) in [6.45, 7) is 3.76. The first-order chi connectivity index (χ1) is 14.3. The summed E-state index contributed by atoms with van der Waals surface area (Å²) in [4.78, 5) is 38.4. The number of halogens is 2. The zero-order valence-electron chi connectivity index (χ0n) is 15.8. The molecule has 4 amide bonds. The first-order valence-corrected chi connectivity index (χ1v) is 9.39. The van der Waals surface area contributed by atoms with Gasteiger partial charge in [-0.3, -0.25) is 14.9 Å². The molecule has 1 heterocycles. The van der Waals surface area contributed by atoms with Gasteiger partial charge in [-0.2, -0.15) is 0 Å². The van der Waals surface area contributed by atoms with Crippen molar-refractivity contribution >= 4 is 52.8 Å². The van der Waals surface area contributed by atoms with E-state index in [9.17, 15) is 14.4 Å². The topological polar surface area (TPSA) is 84.9 Å². The number of benzene rings is 2. The maximum Gasteiger partial charge on any atom is 0.335 e. The van der Waals surface area contributed by atoms with Gasteiger partial charge < -0.3 is 9.47 Å². The SMILES string of the molecule is C=CCOc1c(Cl)cc(/C=C2/C(=O)NC(=O)N(c3ccc(OC)cc3)C2=O)cc1Cl. The zero-order chi connectivity index (χ0) is 21.8. The van der Waals surface area contributed by atoms with E-state index in [1.807, 2.05) is 0 Å². The molecule has 2 aromatic carbocycles. The molecule has 0 spiro atoms. The Morgan fingerprint density at radius 2 is 1.73 bits per heavy atom. The Balaban J connectivity index is 1.97. The van der Waals surface area contributed by atoms with Crippen LogP contribution in [-0.2, 0) is 9.59 Å². The number of ether oxygens (including phenoxy) is 2. The van der Waals surface area contributed by atoms with E-state index in [1.54, 1.807) is 18.2 Å². The highest BCUT2D eigenvalue weighted by Crippen LogP contribution is 2.35. The van der Waals surface area contributed by atoms with Crippen LogP contribution in [0.3, 0.4) is 0 Å². The van der Waals surface area contributed by atoms with Gasteiger partial charge in [0.05, 0.1) is 22.8 Å². The van der Waals surface area contributed by atoms with E-state index in [0.717, 1.165) is 4.90 Å². The lowest BCUT2D eigenvalue weighted by atomic mass is 10.1. The third-order valence-electron chi connectivity index (χ3n) is 4.11. The number of amides is 4. The third kappa shape index (κ3) is 4.32. The van der Waals surface area contributed by atoms with Gasteiger partial charge >= 0.3 is 6.03 Å². The minimum atomic E-state index is -0.850. The summed E-state index contributed by atoms with van der Waals surface area (Å²) in [5.41, 5.74) is 0.414. The van der Waals surface area contributed by atoms with Gasteiger partial charge in [0.25, 0.3) is 11.8 Å². The van der Waals surface area contributed by atoms with Crippen molar-refractivity contribution in [2.45, 2.75) is 0 Å². The monoisotopic (exact) mass is 446 g/mol. The van der Waals surface area contributed by atoms with Gasteiger partial charge in [0, 0.05) is 0 Å². The number of nitrogens with zero attached hydrogens (tertiary/aromatic N) is 1. The van der Waals surface area contributed by atoms with Crippen molar-refractivity contribution in [1.82, 2.24) is 5.32 Å². The lowest BCUT2D eigenvalue weighted by Crippen LogP contribution is -2.54. The maximum absolute atomic E-state index is 12.9. The summed E-state index contributed by atoms with van der Waals surface area (Å²) in [5, 5.41) is 2.55. The highest BCUT2D eigenvalue weighted by atomic mass is 35.5. The number of rotatable bonds is 6. The second-order valence-electron chi connectivity index (χ2n) is 6.07. The van der Waals surface area contributed by atoms with Crippen LogP contribution < -0.4 is 19.7 Å². The number of hydrogen-bond acceptors (Lipinski definition) is 5. The predicted octanol–water partition coefficient (Wildman–Crippen LogP) is 4.23. The number of barbiturate groups is 1. The number of imide groups is 2. The zero-order valence-corrected chi connectivity index (χ0v) is 17.3. The molecule has 0 aromatic heterocycles. The average molecular weight is 447 g/mol. The molecule has 1 saturated heterocycles. The molecule has 0 unspecified atom stereocenters. The molecular weight excluding hydrogens is 431 g/mol. The van der Waals surface area contributed by atoms with Crippen LogP contribution in [0.25, 0.3) is 6.08 Å². The molecule has 0 aliphatic carbocycles. The van der Waals surface area contributed by atoms with Gasteiger partial charge in [-0.1, -0.05) is 35.9 Å². The van der Waals surface area contributed by atoms with Gasteiger partial charge in [0.2, 0.25) is 0 Å². The third-order valence-corrected chi connectivity index (χ3v) is 4.67. The number of anilines is 1. The molecule has 9 heteroatoms. The van der Waals surface area contributed by atoms with E-state index in [-0.39, 0.29) is 33.7 Å². The van der Waals surface area contributed by atoms with Crippen LogP contribution in [0.2, 0.25) is 10.0 Å². The molecule has 2 aromatic rings. The van der Waals surface area contributed by atoms with Crippen LogP contribution in [0.15, 0.2) is 54.6 Å². The normalized spacial score (nSPS) is 15.2. The van der Waals surface area contributed by atoms with Crippen molar-refractivity contribution in [2.75, 3.05) is 18.6 Å². The Morgan fingerprint density at radius 3 is 2.30 bits per heavy atom. The van der Waals surface area contributed by atoms with Gasteiger partial charge in [0.15, 0.2) is 5.75 Å². The second kappa shape index (κ2) is 9.02. The molecule has 1 aliphatic rings. The molecule has 7 nitrogen and oxygen atoms in total. The van der Waals surface area contributed by atoms with Crippen molar-refractivity contribution in [3.05, 3.63) is 70.2 Å². The number of methoxy groups -OCH3 is 1. The molecule has 0 atom stereocenters. The van der Waals surface area contributed by atoms with Crippen molar-refractivity contribution in [3.8, 4) is 11.5 Å². The van der Waals surface area contributed by atoms with E-state index in [0.29, 0.717) is 11.3 Å². The Bertz CT molecular complexity index is 1040. The van der Waals surface area contributed by atoms with Crippen LogP contribution in [0.1, 0.15) is 5.56 Å². The number of carbonyl (C=O) groups excluding carboxylic acids is 3. The fourth-order valence-electron chi connectivity index (χ4n) is 2.73. The van der Waals surface area contributed by atoms with Crippen molar-refractivity contribution in [3.63, 3.8) is 0 Å². The summed E-state index contributed by atoms with van der Waals surface area (Å²) >= 11 is 12.4. The molecule has 0 saturated carbocycles. The minimum Gasteiger partial charge on any atom is -0.497 e. The smallest absolute Gasteiger partial charge is 0.335 e. The fourth-order valence-corrected chi connectivity index (χ4v) is 3.35. The quantitative estimate of drug-likeness (QED) is 0.407. The summed E-state index contributed by atoms with van der Waals surface area (Å²) < 4.78 is 10.5. The number of carbonyl (C=O) groups is 3. The fraction of sp³-hybridized carbons (Fsp3) is 0.0952. The number of nitrogens with one attached hydrogen (secondary N) is 1. The Morgan fingerprint density at radius 1 is 1.10 bits per heavy atom. The molecule has 0 bridgehead atoms. The van der Waals surface area contributed by atoms with E-state index in [2.05, 4.69) is 11.9 Å². The number of hydrogen-bond donors (Lipinski definition) is 1. The summed E-state index contributed by atoms with van der Waals surface area (Å²) in [5.74, 6) is -0.796. The second-order valence-corrected chi connectivity index (χ2v) is 6.88. The average Bonchev–Trinajstić information content (AvgIpc) is 2.71. The maximum atomic E-state index is 12.9. The molecule has 3 rings (SSSR count). The molecule has 1 N–H and O–H groups in total. The van der Waals surface area contributed by atoms with Gasteiger partial charge in [-0.05, 0) is 48.0 Å². The van der Waals surface area contributed by atoms with Crippen LogP contribution >= 0.6 is 23.2 Å². The van der Waals surface area contributed by atoms with Crippen molar-refractivity contribution < 1.29 is 23.9 Å². The Labute approximate surface area is 182 Å². The molecule has 0 radical (unpaired) electrons. The number of urea groups is 1. The van der Waals surface area contributed by atoms with E-state index >= 15 is 0 Å². The minimum absolute atomic E-state index is 0.197. The predicted molar refractivity (Wildman–Crippen MR) is 114 cm³/mol. The highest BCUT2D eigenvalue weighted by Gasteiger charge is 2.36. The summed E-state index contributed by atoms with van der Waals surface area (Å²) in [7, 11) is 1.50. The Hall–Kier alpha value is -3.29. The van der Waals surface area contributed by atoms with Crippen LogP contribution in [0, 0.1) is 0 Å². The van der Waals surface area contributed by atoms with Crippen LogP contribution in [-0.4, -0.2) is 31.6 Å². The van der Waals surface area contributed by atoms with Gasteiger partial charge in [0.1, 0.15) is 17.9 Å². The van der Waals surface area contributed by atoms with Gasteiger partial charge in [-0.15, -0.1) is 0 Å². The molecule has 154 valence electrons. The lowest BCUT2D eigenvalue weighted by molar-refractivity contribution is -0.122. The first kappa shape index (κ1) is 21.4. The molecule has 1 aliphatic heterocycles. The van der Waals surface area contributed by atoms with Gasteiger partial charge in [-0.25, -0.2) is 9.69 Å². The first-order valence-electron chi connectivity index (χ1n) is 8.64. The Kier molecular flexibility index (Phi) is 6.44. The van der Waals surface area contributed by atoms with E-state index in [1.165, 1.54) is 37.5 Å². The lowest BCUT2D eigenvalue weighted by Gasteiger charge is -2.26. The molecule has 30 heavy (non-hydrogen) atoms. The standard InChI is InChI=1S/C21H16Cl2N2O5/c1-3-8-30-18-16(22)10-12(11-17(18)23)9-15-19(26)24-21(28)25(20(15)27)13-4-6-14(29-2)7-5-13/h3-7,9-11H,1,8H2,2H3,(H,24,26,28)/b15-9-. The van der Waals surface area contributed by atoms with Crippen molar-refractivity contribution in [1.29, 1.82) is 0 Å². The summed E-state index contributed by atoms with van der Waals surface area (Å²) in [6.07, 6.45) is 2.84.